The molecule has 0 radical (unpaired) electrons. The van der Waals surface area contributed by atoms with Crippen molar-refractivity contribution in [2.45, 2.75) is 81.6 Å². The summed E-state index contributed by atoms with van der Waals surface area (Å²) in [5.74, 6) is 0.581. The number of aromatic nitrogens is 3. The van der Waals surface area contributed by atoms with Crippen LogP contribution in [0.2, 0.25) is 5.02 Å². The number of aromatic hydroxyl groups is 1. The zero-order chi connectivity index (χ0) is 29.5. The molecule has 6 atom stereocenters. The maximum Gasteiger partial charge on any atom is 0.319 e. The smallest absolute Gasteiger partial charge is 0.319 e. The van der Waals surface area contributed by atoms with E-state index in [4.69, 9.17) is 21.3 Å². The first kappa shape index (κ1) is 27.7. The minimum absolute atomic E-state index is 0.0402. The monoisotopic (exact) mass is 610 g/mol. The Balaban J connectivity index is 1.24. The van der Waals surface area contributed by atoms with E-state index >= 15 is 4.39 Å². The number of fused-ring (bicyclic) bond motifs is 5. The van der Waals surface area contributed by atoms with Crippen LogP contribution in [0, 0.1) is 11.7 Å². The summed E-state index contributed by atoms with van der Waals surface area (Å²) in [5, 5.41) is 14.9. The number of phenolic OH excluding ortho intramolecular Hbond substituents is 1. The van der Waals surface area contributed by atoms with Gasteiger partial charge in [-0.3, -0.25) is 9.88 Å². The molecule has 0 spiro atoms. The van der Waals surface area contributed by atoms with Gasteiger partial charge in [0.2, 0.25) is 0 Å². The van der Waals surface area contributed by atoms with Gasteiger partial charge in [-0.15, -0.1) is 0 Å². The average Bonchev–Trinajstić information content (AvgIpc) is 3.61. The van der Waals surface area contributed by atoms with Crippen molar-refractivity contribution in [3.05, 3.63) is 34.7 Å². The lowest BCUT2D eigenvalue weighted by atomic mass is 9.87. The van der Waals surface area contributed by atoms with Crippen LogP contribution >= 0.6 is 11.6 Å². The minimum Gasteiger partial charge on any atom is -0.508 e. The van der Waals surface area contributed by atoms with Crippen molar-refractivity contribution in [3.63, 3.8) is 0 Å². The van der Waals surface area contributed by atoms with Gasteiger partial charge in [-0.05, 0) is 68.2 Å². The minimum atomic E-state index is -0.880. The first-order valence-corrected chi connectivity index (χ1v) is 16.1. The van der Waals surface area contributed by atoms with Gasteiger partial charge in [0.15, 0.2) is 5.82 Å². The number of pyridine rings is 1. The van der Waals surface area contributed by atoms with Gasteiger partial charge in [-0.25, -0.2) is 8.78 Å². The first-order valence-electron chi connectivity index (χ1n) is 15.7. The Bertz CT molecular complexity index is 1590. The Labute approximate surface area is 254 Å². The summed E-state index contributed by atoms with van der Waals surface area (Å²) in [6.45, 7) is 5.27. The van der Waals surface area contributed by atoms with E-state index in [1.807, 2.05) is 0 Å². The summed E-state index contributed by atoms with van der Waals surface area (Å²) in [6.07, 6.45) is 7.19. The number of ether oxygens (including phenoxy) is 1. The van der Waals surface area contributed by atoms with E-state index in [1.54, 1.807) is 12.3 Å². The second kappa shape index (κ2) is 10.4. The van der Waals surface area contributed by atoms with E-state index in [0.29, 0.717) is 46.7 Å². The Morgan fingerprint density at radius 3 is 2.81 bits per heavy atom. The summed E-state index contributed by atoms with van der Waals surface area (Å²) in [6, 6.07) is 3.71. The van der Waals surface area contributed by atoms with E-state index in [0.717, 1.165) is 63.7 Å². The molecule has 3 aromatic rings. The quantitative estimate of drug-likeness (QED) is 0.373. The number of nitrogens with one attached hydrogen (secondary N) is 1. The van der Waals surface area contributed by atoms with E-state index in [9.17, 15) is 9.50 Å². The highest BCUT2D eigenvalue weighted by molar-refractivity contribution is 6.32. The fourth-order valence-electron chi connectivity index (χ4n) is 8.17. The Morgan fingerprint density at radius 2 is 2.07 bits per heavy atom. The number of benzene rings is 1. The van der Waals surface area contributed by atoms with Crippen molar-refractivity contribution >= 4 is 28.3 Å². The van der Waals surface area contributed by atoms with Crippen LogP contribution < -0.4 is 15.0 Å². The van der Waals surface area contributed by atoms with Gasteiger partial charge in [-0.2, -0.15) is 9.97 Å². The van der Waals surface area contributed by atoms with Crippen LogP contribution in [0.4, 0.5) is 14.6 Å². The van der Waals surface area contributed by atoms with Crippen molar-refractivity contribution in [2.75, 3.05) is 37.7 Å². The van der Waals surface area contributed by atoms with E-state index in [1.165, 1.54) is 6.07 Å². The fourth-order valence-corrected chi connectivity index (χ4v) is 8.52. The van der Waals surface area contributed by atoms with Crippen LogP contribution in [0.1, 0.15) is 63.4 Å². The van der Waals surface area contributed by atoms with Gasteiger partial charge >= 0.3 is 6.01 Å². The molecule has 1 saturated carbocycles. The highest BCUT2D eigenvalue weighted by Crippen LogP contribution is 2.53. The molecular formula is C32H37ClF2N6O2. The van der Waals surface area contributed by atoms with Crippen LogP contribution in [0.5, 0.6) is 11.8 Å². The number of anilines is 1. The fraction of sp³-hybridized carbons (Fsp3) is 0.594. The molecule has 2 N–H and O–H groups in total. The maximum absolute atomic E-state index is 16.7. The lowest BCUT2D eigenvalue weighted by molar-refractivity contribution is 0.0388. The third-order valence-corrected chi connectivity index (χ3v) is 10.9. The van der Waals surface area contributed by atoms with Crippen LogP contribution in [0.15, 0.2) is 18.3 Å². The average molecular weight is 611 g/mol. The Hall–Kier alpha value is -2.82. The molecule has 6 aliphatic rings. The van der Waals surface area contributed by atoms with Crippen LogP contribution in [-0.2, 0) is 0 Å². The molecule has 43 heavy (non-hydrogen) atoms. The molecule has 8 nitrogen and oxygen atoms in total. The summed E-state index contributed by atoms with van der Waals surface area (Å²) in [7, 11) is 0. The molecule has 1 aliphatic carbocycles. The van der Waals surface area contributed by atoms with Crippen molar-refractivity contribution in [1.82, 2.24) is 25.2 Å². The highest BCUT2D eigenvalue weighted by atomic mass is 35.5. The zero-order valence-electron chi connectivity index (χ0n) is 24.3. The molecule has 2 aromatic heterocycles. The van der Waals surface area contributed by atoms with Gasteiger partial charge in [0.1, 0.15) is 35.6 Å². The summed E-state index contributed by atoms with van der Waals surface area (Å²) in [4.78, 5) is 18.6. The standard InChI is InChI=1S/C32H37ClF2N6O2/c1-17-8-22(17)26-23(9-21(42)10-25(26)33)28-27(35)29-24(13-37-28)30(41-15-19-4-5-20(41)12-36-19)39-31(38-29)43-16-32-6-2-3-7-40(32)14-18(34)11-32/h9-10,13,17-20,22,36,42H,2-8,11-12,14-16H2,1H3/t17-,18+,19?,20?,22+,32-/m1/s1. The van der Waals surface area contributed by atoms with Crippen molar-refractivity contribution in [1.29, 1.82) is 0 Å². The molecule has 0 amide bonds. The predicted molar refractivity (Wildman–Crippen MR) is 161 cm³/mol. The van der Waals surface area contributed by atoms with Gasteiger partial charge < -0.3 is 20.1 Å². The van der Waals surface area contributed by atoms with E-state index in [-0.39, 0.29) is 47.1 Å². The lowest BCUT2D eigenvalue weighted by Crippen LogP contribution is -2.61. The maximum atomic E-state index is 16.7. The second-order valence-electron chi connectivity index (χ2n) is 13.4. The zero-order valence-corrected chi connectivity index (χ0v) is 25.1. The topological polar surface area (TPSA) is 86.6 Å². The summed E-state index contributed by atoms with van der Waals surface area (Å²) < 4.78 is 37.7. The number of rotatable bonds is 6. The van der Waals surface area contributed by atoms with Crippen LogP contribution in [0.3, 0.4) is 0 Å². The molecule has 5 aliphatic heterocycles. The lowest BCUT2D eigenvalue weighted by Gasteiger charge is -2.46. The molecular weight excluding hydrogens is 574 g/mol. The molecule has 2 unspecified atom stereocenters. The van der Waals surface area contributed by atoms with E-state index < -0.39 is 12.0 Å². The van der Waals surface area contributed by atoms with Crippen molar-refractivity contribution in [2.24, 2.45) is 5.92 Å². The van der Waals surface area contributed by atoms with Gasteiger partial charge in [0.25, 0.3) is 0 Å². The SMILES string of the molecule is C[C@@H]1C[C@@H]1c1c(Cl)cc(O)cc1-c1ncc2c(N3CC4CCC3CN4)nc(OC[C@]34CCCCN3C[C@@H](F)C4)nc2c1F. The number of halogens is 3. The molecule has 6 fully saturated rings. The molecule has 228 valence electrons. The van der Waals surface area contributed by atoms with Gasteiger partial charge in [0, 0.05) is 54.9 Å². The molecule has 7 heterocycles. The number of piperazine rings is 1. The van der Waals surface area contributed by atoms with E-state index in [2.05, 4.69) is 32.0 Å². The summed E-state index contributed by atoms with van der Waals surface area (Å²) >= 11 is 6.61. The third-order valence-electron chi connectivity index (χ3n) is 10.6. The summed E-state index contributed by atoms with van der Waals surface area (Å²) in [5.41, 5.74) is 1.13. The number of hydrogen-bond acceptors (Lipinski definition) is 8. The largest absolute Gasteiger partial charge is 0.508 e. The number of piperidine rings is 3. The number of phenols is 1. The molecule has 11 heteroatoms. The van der Waals surface area contributed by atoms with Gasteiger partial charge in [0.05, 0.1) is 10.9 Å². The molecule has 5 saturated heterocycles. The predicted octanol–water partition coefficient (Wildman–Crippen LogP) is 5.60. The molecule has 9 rings (SSSR count). The molecule has 2 bridgehead atoms. The first-order chi connectivity index (χ1) is 20.8. The Kier molecular flexibility index (Phi) is 6.69. The van der Waals surface area contributed by atoms with Crippen LogP contribution in [-0.4, -0.2) is 81.5 Å². The number of alkyl halides is 1. The Morgan fingerprint density at radius 1 is 1.21 bits per heavy atom. The van der Waals surface area contributed by atoms with Crippen LogP contribution in [0.25, 0.3) is 22.2 Å². The molecule has 1 aromatic carbocycles. The van der Waals surface area contributed by atoms with Crippen molar-refractivity contribution in [3.8, 4) is 23.0 Å². The highest BCUT2D eigenvalue weighted by Gasteiger charge is 2.48. The number of nitrogens with zero attached hydrogens (tertiary/aromatic N) is 5. The number of hydrogen-bond donors (Lipinski definition) is 2. The second-order valence-corrected chi connectivity index (χ2v) is 13.8. The van der Waals surface area contributed by atoms with Crippen molar-refractivity contribution < 1.29 is 18.6 Å². The third kappa shape index (κ3) is 4.71. The normalized spacial score (nSPS) is 31.9. The van der Waals surface area contributed by atoms with Gasteiger partial charge in [-0.1, -0.05) is 24.9 Å².